The molecule has 0 aliphatic carbocycles. The van der Waals surface area contributed by atoms with Gasteiger partial charge in [0, 0.05) is 19.3 Å². The Bertz CT molecular complexity index is 827. The van der Waals surface area contributed by atoms with Crippen LogP contribution in [0.25, 0.3) is 5.65 Å². The molecule has 0 saturated carbocycles. The Hall–Kier alpha value is -2.12. The van der Waals surface area contributed by atoms with Crippen molar-refractivity contribution in [3.8, 4) is 5.88 Å². The number of rotatable bonds is 3. The van der Waals surface area contributed by atoms with Gasteiger partial charge in [-0.3, -0.25) is 4.79 Å². The molecule has 3 aromatic rings. The van der Waals surface area contributed by atoms with Crippen LogP contribution in [0.15, 0.2) is 30.6 Å². The molecule has 6 nitrogen and oxygen atoms in total. The van der Waals surface area contributed by atoms with Crippen molar-refractivity contribution < 1.29 is 14.3 Å². The number of aromatic nitrogens is 3. The van der Waals surface area contributed by atoms with E-state index >= 15 is 0 Å². The molecule has 3 heterocycles. The first-order chi connectivity index (χ1) is 10.1. The van der Waals surface area contributed by atoms with Gasteiger partial charge >= 0.3 is 0 Å². The summed E-state index contributed by atoms with van der Waals surface area (Å²) in [5.41, 5.74) is 0.735. The molecule has 8 heteroatoms. The van der Waals surface area contributed by atoms with E-state index in [2.05, 4.69) is 10.3 Å². The van der Waals surface area contributed by atoms with Crippen LogP contribution in [0, 0.1) is 0 Å². The Balaban J connectivity index is 2.20. The number of nitrogens with one attached hydrogen (secondary N) is 1. The van der Waals surface area contributed by atoms with Crippen LogP contribution >= 0.6 is 22.9 Å². The fourth-order valence-corrected chi connectivity index (χ4v) is 3.15. The van der Waals surface area contributed by atoms with Crippen molar-refractivity contribution in [1.29, 1.82) is 0 Å². The number of amides is 1. The number of hydrogen-bond donors (Lipinski definition) is 1. The van der Waals surface area contributed by atoms with Gasteiger partial charge in [0.15, 0.2) is 4.47 Å². The van der Waals surface area contributed by atoms with Gasteiger partial charge in [0.05, 0.1) is 11.1 Å². The first-order valence-corrected chi connectivity index (χ1v) is 7.33. The molecule has 1 N–H and O–H groups in total. The molecule has 3 rings (SSSR count). The minimum Gasteiger partial charge on any atom is -0.839 e. The molecule has 3 aromatic heterocycles. The van der Waals surface area contributed by atoms with Gasteiger partial charge in [0.2, 0.25) is 5.69 Å². The normalized spacial score (nSPS) is 11.0. The molecule has 0 radical (unpaired) electrons. The van der Waals surface area contributed by atoms with E-state index in [1.165, 1.54) is 22.8 Å². The Kier molecular flexibility index (Phi) is 3.52. The lowest BCUT2D eigenvalue weighted by Crippen LogP contribution is -2.26. The summed E-state index contributed by atoms with van der Waals surface area (Å²) in [6, 6.07) is 5.35. The van der Waals surface area contributed by atoms with Crippen molar-refractivity contribution in [3.63, 3.8) is 0 Å². The maximum Gasteiger partial charge on any atom is 0.294 e. The fourth-order valence-electron chi connectivity index (χ4n) is 2.18. The second-order valence-corrected chi connectivity index (χ2v) is 6.02. The van der Waals surface area contributed by atoms with E-state index in [1.54, 1.807) is 29.1 Å². The number of pyridine rings is 1. The van der Waals surface area contributed by atoms with E-state index < -0.39 is 5.91 Å². The third-order valence-corrected chi connectivity index (χ3v) is 4.19. The van der Waals surface area contributed by atoms with Crippen LogP contribution in [0.3, 0.4) is 0 Å². The molecular formula is C13H11ClN4O2S. The molecule has 1 amide bonds. The van der Waals surface area contributed by atoms with Crippen LogP contribution in [-0.4, -0.2) is 22.5 Å². The summed E-state index contributed by atoms with van der Waals surface area (Å²) in [4.78, 5) is 16.9. The molecule has 0 aromatic carbocycles. The zero-order valence-corrected chi connectivity index (χ0v) is 12.6. The SMILES string of the molecule is CNC(=O)c1c([O-])[n+]2ccccc2n1Cc1cnc(Cl)s1. The molecule has 0 aliphatic heterocycles. The zero-order chi connectivity index (χ0) is 15.0. The smallest absolute Gasteiger partial charge is 0.294 e. The number of fused-ring (bicyclic) bond motifs is 1. The van der Waals surface area contributed by atoms with Crippen LogP contribution in [-0.2, 0) is 6.54 Å². The predicted molar refractivity (Wildman–Crippen MR) is 76.7 cm³/mol. The molecule has 0 fully saturated rings. The number of nitrogens with zero attached hydrogens (tertiary/aromatic N) is 3. The summed E-state index contributed by atoms with van der Waals surface area (Å²) in [5, 5.41) is 14.9. The molecule has 108 valence electrons. The average molecular weight is 323 g/mol. The lowest BCUT2D eigenvalue weighted by Gasteiger charge is -2.03. The molecule has 0 spiro atoms. The highest BCUT2D eigenvalue weighted by atomic mass is 35.5. The number of halogens is 1. The van der Waals surface area contributed by atoms with Gasteiger partial charge in [0.1, 0.15) is 12.4 Å². The second kappa shape index (κ2) is 5.34. The zero-order valence-electron chi connectivity index (χ0n) is 11.0. The summed E-state index contributed by atoms with van der Waals surface area (Å²) >= 11 is 7.15. The van der Waals surface area contributed by atoms with Gasteiger partial charge < -0.3 is 10.4 Å². The lowest BCUT2D eigenvalue weighted by molar-refractivity contribution is -0.582. The number of hydrogen-bond acceptors (Lipinski definition) is 4. The number of carbonyl (C=O) groups excluding carboxylic acids is 1. The fraction of sp³-hybridized carbons (Fsp3) is 0.154. The van der Waals surface area contributed by atoms with Crippen molar-refractivity contribution in [2.75, 3.05) is 7.05 Å². The summed E-state index contributed by atoms with van der Waals surface area (Å²) in [7, 11) is 1.50. The molecule has 0 atom stereocenters. The number of thiazole rings is 1. The molecule has 0 bridgehead atoms. The molecular weight excluding hydrogens is 312 g/mol. The van der Waals surface area contributed by atoms with Gasteiger partial charge in [-0.15, -0.1) is 11.3 Å². The highest BCUT2D eigenvalue weighted by Gasteiger charge is 2.25. The number of carbonyl (C=O) groups is 1. The Morgan fingerprint density at radius 3 is 3.05 bits per heavy atom. The van der Waals surface area contributed by atoms with E-state index in [1.807, 2.05) is 6.07 Å². The molecule has 0 aliphatic rings. The molecule has 21 heavy (non-hydrogen) atoms. The van der Waals surface area contributed by atoms with E-state index in [0.717, 1.165) is 4.88 Å². The monoisotopic (exact) mass is 322 g/mol. The maximum absolute atomic E-state index is 12.4. The minimum atomic E-state index is -0.417. The van der Waals surface area contributed by atoms with Gasteiger partial charge in [0.25, 0.3) is 11.6 Å². The van der Waals surface area contributed by atoms with E-state index in [0.29, 0.717) is 16.7 Å². The minimum absolute atomic E-state index is 0.0909. The van der Waals surface area contributed by atoms with Crippen molar-refractivity contribution in [2.24, 2.45) is 0 Å². The quantitative estimate of drug-likeness (QED) is 0.725. The van der Waals surface area contributed by atoms with Crippen LogP contribution in [0.4, 0.5) is 0 Å². The Morgan fingerprint density at radius 2 is 2.38 bits per heavy atom. The van der Waals surface area contributed by atoms with Crippen LogP contribution in [0.5, 0.6) is 5.88 Å². The van der Waals surface area contributed by atoms with Gasteiger partial charge in [-0.05, 0) is 6.07 Å². The summed E-state index contributed by atoms with van der Waals surface area (Å²) in [5.74, 6) is -0.764. The molecule has 0 unspecified atom stereocenters. The number of imidazole rings is 1. The highest BCUT2D eigenvalue weighted by Crippen LogP contribution is 2.22. The van der Waals surface area contributed by atoms with Crippen molar-refractivity contribution in [2.45, 2.75) is 6.54 Å². The predicted octanol–water partition coefficient (Wildman–Crippen LogP) is 0.818. The Morgan fingerprint density at radius 1 is 1.57 bits per heavy atom. The third-order valence-electron chi connectivity index (χ3n) is 3.09. The summed E-state index contributed by atoms with van der Waals surface area (Å²) in [6.07, 6.45) is 3.28. The standard InChI is InChI=1S/C13H11ClN4O2S/c1-15-11(19)10-12(20)17-5-3-2-4-9(17)18(10)7-8-6-16-13(14)21-8/h2-6H,7H2,1H3,(H-,15,19,20). The van der Waals surface area contributed by atoms with Crippen LogP contribution < -0.4 is 14.8 Å². The topological polar surface area (TPSA) is 74.1 Å². The largest absolute Gasteiger partial charge is 0.839 e. The van der Waals surface area contributed by atoms with E-state index in [-0.39, 0.29) is 11.6 Å². The average Bonchev–Trinajstić information content (AvgIpc) is 3.02. The van der Waals surface area contributed by atoms with Crippen molar-refractivity contribution in [3.05, 3.63) is 45.6 Å². The Labute approximate surface area is 129 Å². The third kappa shape index (κ3) is 2.34. The first-order valence-electron chi connectivity index (χ1n) is 6.14. The van der Waals surface area contributed by atoms with Gasteiger partial charge in [-0.2, -0.15) is 0 Å². The maximum atomic E-state index is 12.4. The van der Waals surface area contributed by atoms with Gasteiger partial charge in [-0.25, -0.2) is 14.0 Å². The van der Waals surface area contributed by atoms with Crippen LogP contribution in [0.2, 0.25) is 4.47 Å². The summed E-state index contributed by atoms with van der Waals surface area (Å²) in [6.45, 7) is 0.364. The summed E-state index contributed by atoms with van der Waals surface area (Å²) < 4.78 is 3.55. The van der Waals surface area contributed by atoms with Crippen molar-refractivity contribution >= 4 is 34.5 Å². The van der Waals surface area contributed by atoms with E-state index in [4.69, 9.17) is 11.6 Å². The van der Waals surface area contributed by atoms with Crippen molar-refractivity contribution in [1.82, 2.24) is 14.9 Å². The second-order valence-electron chi connectivity index (χ2n) is 4.33. The first kappa shape index (κ1) is 13.8. The van der Waals surface area contributed by atoms with Crippen LogP contribution in [0.1, 0.15) is 15.4 Å². The highest BCUT2D eigenvalue weighted by molar-refractivity contribution is 7.15. The van der Waals surface area contributed by atoms with Gasteiger partial charge in [-0.1, -0.05) is 17.7 Å². The lowest BCUT2D eigenvalue weighted by atomic mass is 10.4. The van der Waals surface area contributed by atoms with E-state index in [9.17, 15) is 9.90 Å². The molecule has 0 saturated heterocycles.